The molecule has 0 saturated carbocycles. The Hall–Kier alpha value is -1.13. The number of aliphatic hydroxyl groups is 1. The van der Waals surface area contributed by atoms with Crippen LogP contribution in [0, 0.1) is 11.3 Å². The lowest BCUT2D eigenvalue weighted by Crippen LogP contribution is -2.33. The van der Waals surface area contributed by atoms with E-state index in [0.717, 1.165) is 0 Å². The molecule has 0 saturated heterocycles. The Morgan fingerprint density at radius 1 is 1.56 bits per heavy atom. The van der Waals surface area contributed by atoms with Crippen LogP contribution < -0.4 is 4.72 Å². The van der Waals surface area contributed by atoms with E-state index < -0.39 is 16.1 Å². The second-order valence-corrected chi connectivity index (χ2v) is 5.91. The Morgan fingerprint density at radius 3 is 2.78 bits per heavy atom. The largest absolute Gasteiger partial charge is 0.396 e. The minimum Gasteiger partial charge on any atom is -0.396 e. The lowest BCUT2D eigenvalue weighted by atomic mass is 10.2. The summed E-state index contributed by atoms with van der Waals surface area (Å²) < 4.78 is 26.5. The third kappa shape index (κ3) is 3.68. The molecule has 0 amide bonds. The van der Waals surface area contributed by atoms with E-state index in [9.17, 15) is 8.42 Å². The fourth-order valence-electron chi connectivity index (χ4n) is 1.39. The predicted molar refractivity (Wildman–Crippen MR) is 67.7 cm³/mol. The van der Waals surface area contributed by atoms with Gasteiger partial charge in [0.1, 0.15) is 11.0 Å². The van der Waals surface area contributed by atoms with Crippen molar-refractivity contribution in [1.82, 2.24) is 4.72 Å². The van der Waals surface area contributed by atoms with E-state index >= 15 is 0 Å². The van der Waals surface area contributed by atoms with E-state index in [1.54, 1.807) is 13.0 Å². The standard InChI is InChI=1S/C11H13ClN2O3S/c1-8(4-5-15)14-18(16,17)11-6-10(12)3-2-9(11)7-13/h2-3,6,8,14-15H,4-5H2,1H3. The number of hydrogen-bond acceptors (Lipinski definition) is 4. The molecule has 0 radical (unpaired) electrons. The Balaban J connectivity index is 3.13. The van der Waals surface area contributed by atoms with Crippen LogP contribution in [0.25, 0.3) is 0 Å². The fraction of sp³-hybridized carbons (Fsp3) is 0.364. The summed E-state index contributed by atoms with van der Waals surface area (Å²) in [6, 6.07) is 5.42. The van der Waals surface area contributed by atoms with Crippen LogP contribution in [0.2, 0.25) is 5.02 Å². The van der Waals surface area contributed by atoms with Gasteiger partial charge in [0.25, 0.3) is 0 Å². The number of nitriles is 1. The van der Waals surface area contributed by atoms with Gasteiger partial charge in [0.15, 0.2) is 0 Å². The molecule has 0 aliphatic carbocycles. The minimum absolute atomic E-state index is 0.0306. The molecule has 1 aromatic rings. The van der Waals surface area contributed by atoms with Gasteiger partial charge in [0.05, 0.1) is 5.56 Å². The van der Waals surface area contributed by atoms with E-state index in [1.165, 1.54) is 18.2 Å². The summed E-state index contributed by atoms with van der Waals surface area (Å²) in [5, 5.41) is 17.9. The lowest BCUT2D eigenvalue weighted by Gasteiger charge is -2.13. The van der Waals surface area contributed by atoms with Gasteiger partial charge in [-0.3, -0.25) is 0 Å². The first kappa shape index (κ1) is 14.9. The van der Waals surface area contributed by atoms with E-state index in [-0.39, 0.29) is 22.1 Å². The number of hydrogen-bond donors (Lipinski definition) is 2. The lowest BCUT2D eigenvalue weighted by molar-refractivity contribution is 0.275. The van der Waals surface area contributed by atoms with E-state index in [0.29, 0.717) is 6.42 Å². The van der Waals surface area contributed by atoms with Gasteiger partial charge in [-0.15, -0.1) is 0 Å². The van der Waals surface area contributed by atoms with Crippen molar-refractivity contribution in [3.8, 4) is 6.07 Å². The van der Waals surface area contributed by atoms with Crippen LogP contribution in [0.1, 0.15) is 18.9 Å². The first-order valence-corrected chi connectivity index (χ1v) is 7.09. The van der Waals surface area contributed by atoms with Crippen LogP contribution in [0.15, 0.2) is 23.1 Å². The second kappa shape index (κ2) is 6.16. The molecule has 0 fully saturated rings. The smallest absolute Gasteiger partial charge is 0.242 e. The first-order chi connectivity index (χ1) is 8.40. The highest BCUT2D eigenvalue weighted by Gasteiger charge is 2.21. The Kier molecular flexibility index (Phi) is 5.11. The molecule has 0 bridgehead atoms. The quantitative estimate of drug-likeness (QED) is 0.853. The minimum atomic E-state index is -3.82. The van der Waals surface area contributed by atoms with Gasteiger partial charge in [0.2, 0.25) is 10.0 Å². The summed E-state index contributed by atoms with van der Waals surface area (Å²) in [6.45, 7) is 1.51. The van der Waals surface area contributed by atoms with Gasteiger partial charge in [-0.2, -0.15) is 5.26 Å². The molecule has 5 nitrogen and oxygen atoms in total. The highest BCUT2D eigenvalue weighted by molar-refractivity contribution is 7.89. The van der Waals surface area contributed by atoms with Gasteiger partial charge in [0, 0.05) is 17.7 Å². The van der Waals surface area contributed by atoms with Crippen molar-refractivity contribution in [2.75, 3.05) is 6.61 Å². The monoisotopic (exact) mass is 288 g/mol. The second-order valence-electron chi connectivity index (χ2n) is 3.79. The molecule has 2 N–H and O–H groups in total. The third-order valence-electron chi connectivity index (χ3n) is 2.27. The summed E-state index contributed by atoms with van der Waals surface area (Å²) in [4.78, 5) is -0.151. The number of nitrogens with zero attached hydrogens (tertiary/aromatic N) is 1. The van der Waals surface area contributed by atoms with Gasteiger partial charge in [-0.1, -0.05) is 11.6 Å². The molecular formula is C11H13ClN2O3S. The predicted octanol–water partition coefficient (Wildman–Crippen LogP) is 1.26. The zero-order valence-corrected chi connectivity index (χ0v) is 11.3. The van der Waals surface area contributed by atoms with Crippen molar-refractivity contribution in [3.63, 3.8) is 0 Å². The molecule has 1 rings (SSSR count). The van der Waals surface area contributed by atoms with Gasteiger partial charge >= 0.3 is 0 Å². The summed E-state index contributed by atoms with van der Waals surface area (Å²) >= 11 is 5.74. The Morgan fingerprint density at radius 2 is 2.22 bits per heavy atom. The van der Waals surface area contributed by atoms with Crippen LogP contribution >= 0.6 is 11.6 Å². The molecule has 0 heterocycles. The van der Waals surface area contributed by atoms with Gasteiger partial charge in [-0.05, 0) is 31.5 Å². The van der Waals surface area contributed by atoms with E-state index in [4.69, 9.17) is 22.0 Å². The number of benzene rings is 1. The summed E-state index contributed by atoms with van der Waals surface area (Å²) in [7, 11) is -3.82. The summed E-state index contributed by atoms with van der Waals surface area (Å²) in [6.07, 6.45) is 0.293. The van der Waals surface area contributed by atoms with E-state index in [2.05, 4.69) is 4.72 Å². The molecule has 18 heavy (non-hydrogen) atoms. The number of sulfonamides is 1. The average Bonchev–Trinajstić information content (AvgIpc) is 2.28. The maximum Gasteiger partial charge on any atom is 0.242 e. The summed E-state index contributed by atoms with van der Waals surface area (Å²) in [5.74, 6) is 0. The highest BCUT2D eigenvalue weighted by atomic mass is 35.5. The zero-order valence-electron chi connectivity index (χ0n) is 9.72. The van der Waals surface area contributed by atoms with Crippen LogP contribution in [-0.4, -0.2) is 26.2 Å². The molecule has 0 spiro atoms. The van der Waals surface area contributed by atoms with Crippen molar-refractivity contribution in [2.24, 2.45) is 0 Å². The Bertz CT molecular complexity index is 566. The van der Waals surface area contributed by atoms with Gasteiger partial charge in [-0.25, -0.2) is 13.1 Å². The van der Waals surface area contributed by atoms with Crippen LogP contribution in [0.4, 0.5) is 0 Å². The molecule has 0 aliphatic heterocycles. The van der Waals surface area contributed by atoms with Crippen LogP contribution in [-0.2, 0) is 10.0 Å². The van der Waals surface area contributed by atoms with Gasteiger partial charge < -0.3 is 5.11 Å². The SMILES string of the molecule is CC(CCO)NS(=O)(=O)c1cc(Cl)ccc1C#N. The molecule has 98 valence electrons. The molecule has 1 unspecified atom stereocenters. The molecule has 7 heteroatoms. The third-order valence-corrected chi connectivity index (χ3v) is 4.14. The molecule has 1 atom stereocenters. The molecular weight excluding hydrogens is 276 g/mol. The number of rotatable bonds is 5. The van der Waals surface area contributed by atoms with Crippen molar-refractivity contribution in [3.05, 3.63) is 28.8 Å². The van der Waals surface area contributed by atoms with Crippen molar-refractivity contribution >= 4 is 21.6 Å². The van der Waals surface area contributed by atoms with Crippen molar-refractivity contribution in [2.45, 2.75) is 24.3 Å². The zero-order chi connectivity index (χ0) is 13.8. The number of aliphatic hydroxyl groups excluding tert-OH is 1. The normalized spacial score (nSPS) is 13.0. The fourth-order valence-corrected chi connectivity index (χ4v) is 3.09. The Labute approximate surface area is 111 Å². The maximum atomic E-state index is 12.0. The average molecular weight is 289 g/mol. The molecule has 0 aromatic heterocycles. The molecule has 0 aliphatic rings. The van der Waals surface area contributed by atoms with Crippen molar-refractivity contribution < 1.29 is 13.5 Å². The highest BCUT2D eigenvalue weighted by Crippen LogP contribution is 2.20. The number of nitrogens with one attached hydrogen (secondary N) is 1. The molecule has 1 aromatic carbocycles. The van der Waals surface area contributed by atoms with E-state index in [1.807, 2.05) is 0 Å². The maximum absolute atomic E-state index is 12.0. The number of halogens is 1. The first-order valence-electron chi connectivity index (χ1n) is 5.23. The summed E-state index contributed by atoms with van der Waals surface area (Å²) in [5.41, 5.74) is 0.0306. The topological polar surface area (TPSA) is 90.2 Å². The van der Waals surface area contributed by atoms with Crippen molar-refractivity contribution in [1.29, 1.82) is 5.26 Å². The van der Waals surface area contributed by atoms with Crippen LogP contribution in [0.5, 0.6) is 0 Å². The van der Waals surface area contributed by atoms with Crippen LogP contribution in [0.3, 0.4) is 0 Å².